The van der Waals surface area contributed by atoms with Crippen molar-refractivity contribution in [3.8, 4) is 0 Å². The van der Waals surface area contributed by atoms with Gasteiger partial charge in [-0.2, -0.15) is 5.48 Å². The fraction of sp³-hybridized carbons (Fsp3) is 0.884. The van der Waals surface area contributed by atoms with Gasteiger partial charge in [0.15, 0.2) is 0 Å². The van der Waals surface area contributed by atoms with Crippen molar-refractivity contribution < 1.29 is 29.1 Å². The Hall–Kier alpha value is -1.77. The number of allylic oxidation sites excluding steroid dienone is 2. The second kappa shape index (κ2) is 14.5. The van der Waals surface area contributed by atoms with Gasteiger partial charge in [-0.15, -0.1) is 0 Å². The van der Waals surface area contributed by atoms with E-state index in [0.717, 1.165) is 57.7 Å². The van der Waals surface area contributed by atoms with Crippen LogP contribution in [0.1, 0.15) is 141 Å². The van der Waals surface area contributed by atoms with E-state index in [-0.39, 0.29) is 64.0 Å². The Morgan fingerprint density at radius 1 is 0.922 bits per heavy atom. The second-order valence-electron chi connectivity index (χ2n) is 20.0. The summed E-state index contributed by atoms with van der Waals surface area (Å²) in [5, 5.41) is 13.9. The summed E-state index contributed by atoms with van der Waals surface area (Å²) in [6.07, 6.45) is 11.7. The molecule has 8 nitrogen and oxygen atoms in total. The van der Waals surface area contributed by atoms with E-state index in [9.17, 15) is 19.5 Å². The molecule has 4 saturated carbocycles. The number of hydrogen-bond acceptors (Lipinski definition) is 7. The Kier molecular flexibility index (Phi) is 11.5. The number of ether oxygens (including phenoxy) is 1. The summed E-state index contributed by atoms with van der Waals surface area (Å²) in [5.74, 6) is 1.62. The van der Waals surface area contributed by atoms with Gasteiger partial charge in [-0.05, 0) is 128 Å². The number of hydrogen-bond donors (Lipinski definition) is 3. The van der Waals surface area contributed by atoms with E-state index in [1.165, 1.54) is 12.0 Å². The molecule has 4 fully saturated rings. The highest BCUT2D eigenvalue weighted by atomic mass is 16.7. The lowest BCUT2D eigenvalue weighted by molar-refractivity contribution is -0.208. The average molecular weight is 713 g/mol. The van der Waals surface area contributed by atoms with Crippen molar-refractivity contribution in [3.63, 3.8) is 0 Å². The molecule has 0 aliphatic heterocycles. The summed E-state index contributed by atoms with van der Waals surface area (Å²) in [7, 11) is 0. The first-order valence-electron chi connectivity index (χ1n) is 20.4. The zero-order valence-corrected chi connectivity index (χ0v) is 34.1. The molecule has 0 radical (unpaired) electrons. The highest BCUT2D eigenvalue weighted by Gasteiger charge is 2.69. The van der Waals surface area contributed by atoms with Gasteiger partial charge in [0.1, 0.15) is 25.0 Å². The molecule has 2 unspecified atom stereocenters. The quantitative estimate of drug-likeness (QED) is 0.0867. The summed E-state index contributed by atoms with van der Waals surface area (Å²) in [6.45, 7) is 26.6. The van der Waals surface area contributed by atoms with Crippen LogP contribution in [0.15, 0.2) is 11.6 Å². The third kappa shape index (κ3) is 6.57. The Labute approximate surface area is 309 Å². The van der Waals surface area contributed by atoms with Crippen LogP contribution in [0.25, 0.3) is 0 Å². The predicted octanol–water partition coefficient (Wildman–Crippen LogP) is 7.82. The third-order valence-corrected chi connectivity index (χ3v) is 16.3. The van der Waals surface area contributed by atoms with Gasteiger partial charge in [-0.1, -0.05) is 87.8 Å². The lowest BCUT2D eigenvalue weighted by atomic mass is 9.33. The summed E-state index contributed by atoms with van der Waals surface area (Å²) >= 11 is 0. The zero-order valence-electron chi connectivity index (χ0n) is 34.1. The largest absolute Gasteiger partial charge is 0.462 e. The lowest BCUT2D eigenvalue weighted by Gasteiger charge is -2.71. The maximum Gasteiger partial charge on any atom is 0.312 e. The number of nitrogens with one attached hydrogen (secondary N) is 2. The standard InChI is InChI=1S/C43H72N2O6/c1-25(2)31(23-46)44-37(48)36(26(3)4)45-51-28(6)24-50-38(49)43-20-15-27(5)29(7)35(43)30-13-14-33-40(10)18-17-34(47)39(8,9)32(40)16-19-42(33,12)41(30,11)21-22-43/h13,23,25-29,31-36,45,47H,14-22,24H2,1-12H3,(H,44,48)/t27-,28?,29+,31-,32?,33-,34+,35+,36+,40+,41-,42-,43+/m1/s1. The smallest absolute Gasteiger partial charge is 0.312 e. The first-order chi connectivity index (χ1) is 23.7. The van der Waals surface area contributed by atoms with Gasteiger partial charge < -0.3 is 20.0 Å². The lowest BCUT2D eigenvalue weighted by Crippen LogP contribution is -2.65. The minimum absolute atomic E-state index is 0.00898. The van der Waals surface area contributed by atoms with Crippen molar-refractivity contribution in [2.24, 2.45) is 68.5 Å². The van der Waals surface area contributed by atoms with E-state index in [1.54, 1.807) is 0 Å². The van der Waals surface area contributed by atoms with Gasteiger partial charge in [0, 0.05) is 0 Å². The third-order valence-electron chi connectivity index (χ3n) is 16.3. The Morgan fingerprint density at radius 2 is 1.61 bits per heavy atom. The van der Waals surface area contributed by atoms with Gasteiger partial charge in [0.2, 0.25) is 5.91 Å². The number of fused-ring (bicyclic) bond motifs is 7. The molecular formula is C43H72N2O6. The highest BCUT2D eigenvalue weighted by molar-refractivity contribution is 5.84. The van der Waals surface area contributed by atoms with Crippen LogP contribution < -0.4 is 10.8 Å². The van der Waals surface area contributed by atoms with Crippen molar-refractivity contribution in [2.75, 3.05) is 6.61 Å². The number of amides is 1. The number of aliphatic hydroxyl groups excluding tert-OH is 1. The normalized spacial score (nSPS) is 41.9. The van der Waals surface area contributed by atoms with E-state index >= 15 is 0 Å². The molecule has 3 N–H and O–H groups in total. The van der Waals surface area contributed by atoms with Crippen LogP contribution in [-0.2, 0) is 24.0 Å². The highest BCUT2D eigenvalue weighted by Crippen LogP contribution is 2.75. The minimum Gasteiger partial charge on any atom is -0.462 e. The molecule has 0 aromatic rings. The maximum absolute atomic E-state index is 14.5. The summed E-state index contributed by atoms with van der Waals surface area (Å²) < 4.78 is 6.22. The summed E-state index contributed by atoms with van der Waals surface area (Å²) in [6, 6.07) is -1.22. The second-order valence-corrected chi connectivity index (χ2v) is 20.0. The van der Waals surface area contributed by atoms with Crippen LogP contribution in [0.4, 0.5) is 0 Å². The number of carbonyl (C=O) groups is 3. The first kappa shape index (κ1) is 40.4. The number of hydroxylamine groups is 1. The molecule has 5 rings (SSSR count). The van der Waals surface area contributed by atoms with E-state index in [2.05, 4.69) is 65.3 Å². The molecule has 0 bridgehead atoms. The number of carbonyl (C=O) groups excluding carboxylic acids is 3. The Balaban J connectivity index is 1.34. The molecule has 8 heteroatoms. The molecule has 0 saturated heterocycles. The van der Waals surface area contributed by atoms with Crippen LogP contribution in [-0.4, -0.2) is 54.2 Å². The van der Waals surface area contributed by atoms with E-state index in [0.29, 0.717) is 23.7 Å². The Morgan fingerprint density at radius 3 is 2.24 bits per heavy atom. The van der Waals surface area contributed by atoms with Gasteiger partial charge in [-0.25, -0.2) is 0 Å². The van der Waals surface area contributed by atoms with Crippen molar-refractivity contribution in [1.82, 2.24) is 10.8 Å². The summed E-state index contributed by atoms with van der Waals surface area (Å²) in [5.41, 5.74) is 4.13. The van der Waals surface area contributed by atoms with Crippen molar-refractivity contribution >= 4 is 18.2 Å². The average Bonchev–Trinajstić information content (AvgIpc) is 3.06. The fourth-order valence-electron chi connectivity index (χ4n) is 12.5. The summed E-state index contributed by atoms with van der Waals surface area (Å²) in [4.78, 5) is 45.0. The number of esters is 1. The maximum atomic E-state index is 14.5. The van der Waals surface area contributed by atoms with E-state index in [4.69, 9.17) is 9.57 Å². The number of rotatable bonds is 11. The van der Waals surface area contributed by atoms with Crippen LogP contribution in [0, 0.1) is 68.5 Å². The van der Waals surface area contributed by atoms with Gasteiger partial charge in [0.05, 0.1) is 17.6 Å². The topological polar surface area (TPSA) is 114 Å². The molecular weight excluding hydrogens is 640 g/mol. The van der Waals surface area contributed by atoms with Crippen LogP contribution in [0.2, 0.25) is 0 Å². The Bertz CT molecular complexity index is 1340. The van der Waals surface area contributed by atoms with Crippen molar-refractivity contribution in [2.45, 2.75) is 165 Å². The van der Waals surface area contributed by atoms with Crippen LogP contribution >= 0.6 is 0 Å². The number of aliphatic hydroxyl groups is 1. The molecule has 1 amide bonds. The van der Waals surface area contributed by atoms with Crippen molar-refractivity contribution in [3.05, 3.63) is 11.6 Å². The van der Waals surface area contributed by atoms with Gasteiger partial charge in [0.25, 0.3) is 0 Å². The molecule has 0 aromatic heterocycles. The molecule has 51 heavy (non-hydrogen) atoms. The number of aldehydes is 1. The monoisotopic (exact) mass is 713 g/mol. The SMILES string of the molecule is CC(COC(=O)[C@]12CC[C@@H](C)[C@H](C)[C@H]1C1=CC[C@@H]3[C@@]4(C)CC[C@H](O)C(C)(C)C4CC[C@@]3(C)[C@]1(C)CC2)ON[C@H](C(=O)N[C@H](C=O)C(C)C)C(C)C. The van der Waals surface area contributed by atoms with Crippen LogP contribution in [0.5, 0.6) is 0 Å². The molecule has 290 valence electrons. The predicted molar refractivity (Wildman–Crippen MR) is 201 cm³/mol. The van der Waals surface area contributed by atoms with Crippen LogP contribution in [0.3, 0.4) is 0 Å². The van der Waals surface area contributed by atoms with Crippen molar-refractivity contribution in [1.29, 1.82) is 0 Å². The van der Waals surface area contributed by atoms with E-state index < -0.39 is 23.6 Å². The fourth-order valence-corrected chi connectivity index (χ4v) is 12.5. The molecule has 0 spiro atoms. The zero-order chi connectivity index (χ0) is 37.9. The molecule has 0 aromatic carbocycles. The molecule has 5 aliphatic rings. The molecule has 5 aliphatic carbocycles. The first-order valence-corrected chi connectivity index (χ1v) is 20.4. The minimum atomic E-state index is -0.658. The van der Waals surface area contributed by atoms with Gasteiger partial charge >= 0.3 is 5.97 Å². The van der Waals surface area contributed by atoms with Gasteiger partial charge in [-0.3, -0.25) is 14.4 Å². The van der Waals surface area contributed by atoms with E-state index in [1.807, 2.05) is 34.6 Å². The molecule has 13 atom stereocenters. The molecule has 0 heterocycles.